The molecule has 1 saturated heterocycles. The van der Waals surface area contributed by atoms with Crippen molar-refractivity contribution in [1.82, 2.24) is 9.80 Å². The average Bonchev–Trinajstić information content (AvgIpc) is 2.82. The predicted molar refractivity (Wildman–Crippen MR) is 92.7 cm³/mol. The average molecular weight is 391 g/mol. The second-order valence-electron chi connectivity index (χ2n) is 6.29. The Labute approximate surface area is 149 Å². The lowest BCUT2D eigenvalue weighted by atomic mass is 9.85. The van der Waals surface area contributed by atoms with E-state index in [1.165, 1.54) is 0 Å². The molecule has 3 rings (SSSR count). The maximum Gasteiger partial charge on any atom is 0.242 e. The highest BCUT2D eigenvalue weighted by molar-refractivity contribution is 9.10. The summed E-state index contributed by atoms with van der Waals surface area (Å²) in [6.45, 7) is 0.272. The normalized spacial score (nSPS) is 22.7. The first-order chi connectivity index (χ1) is 11.5. The van der Waals surface area contributed by atoms with E-state index in [0.717, 1.165) is 14.9 Å². The molecule has 0 bridgehead atoms. The minimum absolute atomic E-state index is 0.169. The van der Waals surface area contributed by atoms with Crippen LogP contribution in [0.3, 0.4) is 0 Å². The van der Waals surface area contributed by atoms with Gasteiger partial charge in [0.05, 0.1) is 11.8 Å². The number of carbonyl (C=O) groups is 3. The van der Waals surface area contributed by atoms with E-state index in [2.05, 4.69) is 15.9 Å². The van der Waals surface area contributed by atoms with Crippen molar-refractivity contribution in [3.63, 3.8) is 0 Å². The van der Waals surface area contributed by atoms with Crippen molar-refractivity contribution in [2.75, 3.05) is 13.6 Å². The molecule has 24 heavy (non-hydrogen) atoms. The molecule has 0 radical (unpaired) electrons. The monoisotopic (exact) mass is 390 g/mol. The van der Waals surface area contributed by atoms with Crippen molar-refractivity contribution in [3.05, 3.63) is 46.5 Å². The first-order valence-corrected chi connectivity index (χ1v) is 8.75. The van der Waals surface area contributed by atoms with Gasteiger partial charge in [0.15, 0.2) is 0 Å². The minimum atomic E-state index is -0.285. The van der Waals surface area contributed by atoms with Gasteiger partial charge in [0.25, 0.3) is 0 Å². The van der Waals surface area contributed by atoms with Crippen molar-refractivity contribution in [3.8, 4) is 0 Å². The van der Waals surface area contributed by atoms with Crippen LogP contribution >= 0.6 is 15.9 Å². The van der Waals surface area contributed by atoms with Crippen LogP contribution in [0.4, 0.5) is 0 Å². The first kappa shape index (κ1) is 16.9. The maximum atomic E-state index is 12.4. The van der Waals surface area contributed by atoms with Gasteiger partial charge >= 0.3 is 0 Å². The summed E-state index contributed by atoms with van der Waals surface area (Å²) in [4.78, 5) is 39.9. The Hall–Kier alpha value is -1.95. The van der Waals surface area contributed by atoms with E-state index in [-0.39, 0.29) is 36.1 Å². The highest BCUT2D eigenvalue weighted by atomic mass is 79.9. The number of hydrogen-bond acceptors (Lipinski definition) is 3. The number of amides is 3. The molecule has 5 nitrogen and oxygen atoms in total. The molecule has 0 aromatic heterocycles. The third-order valence-electron chi connectivity index (χ3n) is 4.65. The number of carbonyl (C=O) groups excluding carboxylic acids is 3. The van der Waals surface area contributed by atoms with Gasteiger partial charge in [-0.05, 0) is 30.5 Å². The van der Waals surface area contributed by atoms with Crippen LogP contribution in [0.15, 0.2) is 40.9 Å². The molecule has 1 aromatic rings. The number of fused-ring (bicyclic) bond motifs is 1. The van der Waals surface area contributed by atoms with Gasteiger partial charge in [-0.1, -0.05) is 40.2 Å². The zero-order valence-corrected chi connectivity index (χ0v) is 15.0. The SMILES string of the molecule is CN(Cc1ccc(Br)cc1)C(=O)CN1C(=O)[C@H]2CC=CC[C@@H]2C1=O. The minimum Gasteiger partial charge on any atom is -0.340 e. The van der Waals surface area contributed by atoms with Gasteiger partial charge in [-0.25, -0.2) is 0 Å². The fourth-order valence-electron chi connectivity index (χ4n) is 3.23. The van der Waals surface area contributed by atoms with Crippen LogP contribution < -0.4 is 0 Å². The number of halogens is 1. The highest BCUT2D eigenvalue weighted by Gasteiger charge is 2.47. The second-order valence-corrected chi connectivity index (χ2v) is 7.21. The lowest BCUT2D eigenvalue weighted by molar-refractivity contribution is -0.146. The molecule has 0 N–H and O–H groups in total. The zero-order valence-electron chi connectivity index (χ0n) is 13.4. The summed E-state index contributed by atoms with van der Waals surface area (Å²) >= 11 is 3.37. The molecule has 6 heteroatoms. The Balaban J connectivity index is 1.63. The number of rotatable bonds is 4. The largest absolute Gasteiger partial charge is 0.340 e. The van der Waals surface area contributed by atoms with Gasteiger partial charge < -0.3 is 4.90 Å². The Bertz CT molecular complexity index is 673. The molecule has 1 aliphatic heterocycles. The van der Waals surface area contributed by atoms with Crippen molar-refractivity contribution < 1.29 is 14.4 Å². The number of imide groups is 1. The molecule has 2 atom stereocenters. The van der Waals surface area contributed by atoms with Crippen molar-refractivity contribution in [2.24, 2.45) is 11.8 Å². The quantitative estimate of drug-likeness (QED) is 0.585. The standard InChI is InChI=1S/C18H19BrN2O3/c1-20(10-12-6-8-13(19)9-7-12)16(22)11-21-17(23)14-4-2-3-5-15(14)18(21)24/h2-3,6-9,14-15H,4-5,10-11H2,1H3/t14-,15-/m0/s1. The Morgan fingerprint density at radius 2 is 1.67 bits per heavy atom. The number of allylic oxidation sites excluding steroid dienone is 2. The topological polar surface area (TPSA) is 57.7 Å². The van der Waals surface area contributed by atoms with E-state index in [1.54, 1.807) is 11.9 Å². The van der Waals surface area contributed by atoms with Gasteiger partial charge in [-0.2, -0.15) is 0 Å². The summed E-state index contributed by atoms with van der Waals surface area (Å²) in [7, 11) is 1.68. The van der Waals surface area contributed by atoms with Crippen LogP contribution in [0.5, 0.6) is 0 Å². The van der Waals surface area contributed by atoms with E-state index in [1.807, 2.05) is 36.4 Å². The molecule has 1 fully saturated rings. The predicted octanol–water partition coefficient (Wildman–Crippen LogP) is 2.36. The maximum absolute atomic E-state index is 12.4. The molecule has 1 aliphatic carbocycles. The molecule has 0 spiro atoms. The number of benzene rings is 1. The van der Waals surface area contributed by atoms with Crippen LogP contribution in [0.25, 0.3) is 0 Å². The van der Waals surface area contributed by atoms with Gasteiger partial charge in [-0.3, -0.25) is 19.3 Å². The van der Waals surface area contributed by atoms with E-state index >= 15 is 0 Å². The Morgan fingerprint density at radius 3 is 2.21 bits per heavy atom. The third kappa shape index (κ3) is 3.29. The smallest absolute Gasteiger partial charge is 0.242 e. The molecule has 0 unspecified atom stereocenters. The highest BCUT2D eigenvalue weighted by Crippen LogP contribution is 2.34. The number of nitrogens with zero attached hydrogens (tertiary/aromatic N) is 2. The molecule has 1 heterocycles. The summed E-state index contributed by atoms with van der Waals surface area (Å²) in [5, 5.41) is 0. The lowest BCUT2D eigenvalue weighted by Gasteiger charge is -2.21. The molecular formula is C18H19BrN2O3. The van der Waals surface area contributed by atoms with E-state index in [9.17, 15) is 14.4 Å². The summed E-state index contributed by atoms with van der Waals surface area (Å²) in [6, 6.07) is 7.69. The lowest BCUT2D eigenvalue weighted by Crippen LogP contribution is -2.41. The fraction of sp³-hybridized carbons (Fsp3) is 0.389. The fourth-order valence-corrected chi connectivity index (χ4v) is 3.50. The molecule has 126 valence electrons. The van der Waals surface area contributed by atoms with Crippen molar-refractivity contribution in [1.29, 1.82) is 0 Å². The van der Waals surface area contributed by atoms with Crippen LogP contribution in [0.2, 0.25) is 0 Å². The zero-order chi connectivity index (χ0) is 17.3. The number of hydrogen-bond donors (Lipinski definition) is 0. The summed E-state index contributed by atoms with van der Waals surface area (Å²) in [5.41, 5.74) is 0.992. The van der Waals surface area contributed by atoms with Crippen LogP contribution in [0, 0.1) is 11.8 Å². The molecule has 3 amide bonds. The van der Waals surface area contributed by atoms with E-state index < -0.39 is 0 Å². The Morgan fingerprint density at radius 1 is 1.12 bits per heavy atom. The van der Waals surface area contributed by atoms with Gasteiger partial charge in [-0.15, -0.1) is 0 Å². The van der Waals surface area contributed by atoms with E-state index in [0.29, 0.717) is 19.4 Å². The summed E-state index contributed by atoms with van der Waals surface area (Å²) in [6.07, 6.45) is 5.07. The molecule has 1 aromatic carbocycles. The van der Waals surface area contributed by atoms with E-state index in [4.69, 9.17) is 0 Å². The first-order valence-electron chi connectivity index (χ1n) is 7.96. The molecule has 0 saturated carbocycles. The van der Waals surface area contributed by atoms with Crippen LogP contribution in [-0.4, -0.2) is 41.1 Å². The number of likely N-dealkylation sites (N-methyl/N-ethyl adjacent to an activating group) is 1. The summed E-state index contributed by atoms with van der Waals surface area (Å²) in [5.74, 6) is -1.22. The Kier molecular flexibility index (Phi) is 4.85. The molecular weight excluding hydrogens is 372 g/mol. The van der Waals surface area contributed by atoms with Gasteiger partial charge in [0.1, 0.15) is 6.54 Å². The number of likely N-dealkylation sites (tertiary alicyclic amines) is 1. The third-order valence-corrected chi connectivity index (χ3v) is 5.18. The molecule has 2 aliphatic rings. The second kappa shape index (κ2) is 6.89. The van der Waals surface area contributed by atoms with Gasteiger partial charge in [0.2, 0.25) is 17.7 Å². The van der Waals surface area contributed by atoms with Crippen LogP contribution in [0.1, 0.15) is 18.4 Å². The van der Waals surface area contributed by atoms with Crippen LogP contribution in [-0.2, 0) is 20.9 Å². The van der Waals surface area contributed by atoms with Gasteiger partial charge in [0, 0.05) is 18.1 Å². The van der Waals surface area contributed by atoms with Crippen molar-refractivity contribution in [2.45, 2.75) is 19.4 Å². The van der Waals surface area contributed by atoms with Crippen molar-refractivity contribution >= 4 is 33.7 Å². The summed E-state index contributed by atoms with van der Waals surface area (Å²) < 4.78 is 0.977.